The summed E-state index contributed by atoms with van der Waals surface area (Å²) in [7, 11) is 2.75. The Hall–Kier alpha value is -3.97. The second kappa shape index (κ2) is 6.02. The van der Waals surface area contributed by atoms with Crippen molar-refractivity contribution in [3.05, 3.63) is 65.7 Å². The number of fused-ring (bicyclic) bond motifs is 2. The molecular formula is C22H16N4O3. The van der Waals surface area contributed by atoms with Crippen LogP contribution in [0, 0.1) is 28.1 Å². The molecule has 0 N–H and O–H groups in total. The SMILES string of the molecule is COC(=O)[C@@]1(c2ccccc2)N=CC(C#N)(C#N)[C@@]12C(=O)N(C)c1ccccc12. The molecule has 4 rings (SSSR count). The van der Waals surface area contributed by atoms with Crippen molar-refractivity contribution in [2.24, 2.45) is 10.4 Å². The van der Waals surface area contributed by atoms with Crippen LogP contribution in [0.5, 0.6) is 0 Å². The Bertz CT molecular complexity index is 1130. The third kappa shape index (κ3) is 1.82. The van der Waals surface area contributed by atoms with Crippen molar-refractivity contribution in [1.29, 1.82) is 10.5 Å². The maximum atomic E-state index is 13.9. The number of hydrogen-bond acceptors (Lipinski definition) is 6. The molecule has 0 bridgehead atoms. The van der Waals surface area contributed by atoms with Crippen molar-refractivity contribution in [2.75, 3.05) is 19.1 Å². The van der Waals surface area contributed by atoms with E-state index >= 15 is 0 Å². The van der Waals surface area contributed by atoms with Crippen LogP contribution in [-0.4, -0.2) is 32.2 Å². The summed E-state index contributed by atoms with van der Waals surface area (Å²) < 4.78 is 5.12. The van der Waals surface area contributed by atoms with Gasteiger partial charge in [0.2, 0.25) is 11.4 Å². The number of ether oxygens (including phenoxy) is 1. The highest BCUT2D eigenvalue weighted by atomic mass is 16.5. The van der Waals surface area contributed by atoms with E-state index < -0.39 is 28.2 Å². The molecule has 0 saturated carbocycles. The Morgan fingerprint density at radius 3 is 2.31 bits per heavy atom. The van der Waals surface area contributed by atoms with Gasteiger partial charge in [0.25, 0.3) is 0 Å². The van der Waals surface area contributed by atoms with Gasteiger partial charge in [-0.15, -0.1) is 0 Å². The van der Waals surface area contributed by atoms with Crippen molar-refractivity contribution < 1.29 is 14.3 Å². The monoisotopic (exact) mass is 384 g/mol. The van der Waals surface area contributed by atoms with Crippen LogP contribution in [0.4, 0.5) is 5.69 Å². The summed E-state index contributed by atoms with van der Waals surface area (Å²) in [5.41, 5.74) is -4.58. The van der Waals surface area contributed by atoms with E-state index in [0.717, 1.165) is 6.21 Å². The Morgan fingerprint density at radius 1 is 1.07 bits per heavy atom. The van der Waals surface area contributed by atoms with Crippen LogP contribution in [0.2, 0.25) is 0 Å². The molecule has 2 aromatic carbocycles. The average Bonchev–Trinajstić information content (AvgIpc) is 3.22. The second-order valence-electron chi connectivity index (χ2n) is 6.99. The molecule has 2 heterocycles. The molecule has 29 heavy (non-hydrogen) atoms. The number of carbonyl (C=O) groups is 2. The molecule has 0 saturated heterocycles. The first-order valence-corrected chi connectivity index (χ1v) is 8.87. The molecule has 1 spiro atoms. The average molecular weight is 384 g/mol. The summed E-state index contributed by atoms with van der Waals surface area (Å²) in [5, 5.41) is 20.2. The number of para-hydroxylation sites is 1. The minimum Gasteiger partial charge on any atom is -0.467 e. The van der Waals surface area contributed by atoms with Gasteiger partial charge in [-0.3, -0.25) is 9.79 Å². The van der Waals surface area contributed by atoms with E-state index in [0.29, 0.717) is 16.8 Å². The van der Waals surface area contributed by atoms with Gasteiger partial charge < -0.3 is 9.64 Å². The number of anilines is 1. The van der Waals surface area contributed by atoms with E-state index in [4.69, 9.17) is 4.74 Å². The van der Waals surface area contributed by atoms with E-state index in [2.05, 4.69) is 4.99 Å². The molecule has 0 aliphatic carbocycles. The molecule has 0 unspecified atom stereocenters. The molecule has 7 heteroatoms. The molecule has 1 amide bonds. The van der Waals surface area contributed by atoms with Crippen LogP contribution >= 0.6 is 0 Å². The van der Waals surface area contributed by atoms with Crippen LogP contribution in [0.1, 0.15) is 11.1 Å². The van der Waals surface area contributed by atoms with Crippen LogP contribution in [0.3, 0.4) is 0 Å². The molecule has 2 atom stereocenters. The lowest BCUT2D eigenvalue weighted by Crippen LogP contribution is -2.63. The zero-order chi connectivity index (χ0) is 20.9. The fourth-order valence-corrected chi connectivity index (χ4v) is 4.65. The number of amides is 1. The fourth-order valence-electron chi connectivity index (χ4n) is 4.65. The number of benzene rings is 2. The number of rotatable bonds is 2. The number of methoxy groups -OCH3 is 1. The number of aliphatic imine (C=N–C) groups is 1. The molecule has 7 nitrogen and oxygen atoms in total. The summed E-state index contributed by atoms with van der Waals surface area (Å²) in [6.07, 6.45) is 1.13. The number of esters is 1. The van der Waals surface area contributed by atoms with Crippen molar-refractivity contribution in [1.82, 2.24) is 0 Å². The van der Waals surface area contributed by atoms with E-state index in [-0.39, 0.29) is 0 Å². The van der Waals surface area contributed by atoms with E-state index in [1.807, 2.05) is 12.1 Å². The summed E-state index contributed by atoms with van der Waals surface area (Å²) in [6.45, 7) is 0. The lowest BCUT2D eigenvalue weighted by Gasteiger charge is -2.42. The quantitative estimate of drug-likeness (QED) is 0.737. The first-order valence-electron chi connectivity index (χ1n) is 8.87. The van der Waals surface area contributed by atoms with Crippen molar-refractivity contribution in [3.8, 4) is 12.1 Å². The summed E-state index contributed by atoms with van der Waals surface area (Å²) >= 11 is 0. The predicted octanol–water partition coefficient (Wildman–Crippen LogP) is 2.09. The van der Waals surface area contributed by atoms with Gasteiger partial charge in [0, 0.05) is 18.9 Å². The predicted molar refractivity (Wildman–Crippen MR) is 104 cm³/mol. The lowest BCUT2D eigenvalue weighted by molar-refractivity contribution is -0.154. The van der Waals surface area contributed by atoms with E-state index in [1.165, 1.54) is 12.0 Å². The number of hydrogen-bond donors (Lipinski definition) is 0. The number of carbonyl (C=O) groups excluding carboxylic acids is 2. The molecule has 2 aliphatic rings. The third-order valence-corrected chi connectivity index (χ3v) is 5.91. The molecule has 2 aliphatic heterocycles. The first kappa shape index (κ1) is 18.4. The molecule has 0 fully saturated rings. The molecular weight excluding hydrogens is 368 g/mol. The van der Waals surface area contributed by atoms with Gasteiger partial charge >= 0.3 is 5.97 Å². The maximum absolute atomic E-state index is 13.9. The van der Waals surface area contributed by atoms with Gasteiger partial charge in [-0.1, -0.05) is 48.5 Å². The highest BCUT2D eigenvalue weighted by molar-refractivity contribution is 6.18. The van der Waals surface area contributed by atoms with Crippen LogP contribution < -0.4 is 4.90 Å². The van der Waals surface area contributed by atoms with E-state index in [1.54, 1.807) is 61.6 Å². The molecule has 0 aromatic heterocycles. The van der Waals surface area contributed by atoms with Gasteiger partial charge in [-0.2, -0.15) is 10.5 Å². The van der Waals surface area contributed by atoms with Crippen LogP contribution in [-0.2, 0) is 25.3 Å². The minimum absolute atomic E-state index is 0.369. The largest absolute Gasteiger partial charge is 0.467 e. The summed E-state index contributed by atoms with van der Waals surface area (Å²) in [5.74, 6) is -1.38. The van der Waals surface area contributed by atoms with Gasteiger partial charge in [0.05, 0.1) is 19.2 Å². The number of nitriles is 2. The Balaban J connectivity index is 2.24. The lowest BCUT2D eigenvalue weighted by atomic mass is 9.53. The fraction of sp³-hybridized carbons (Fsp3) is 0.227. The zero-order valence-electron chi connectivity index (χ0n) is 15.8. The maximum Gasteiger partial charge on any atom is 0.340 e. The zero-order valence-corrected chi connectivity index (χ0v) is 15.8. The standard InChI is InChI=1S/C22H16N4O3/c1-26-17-11-7-6-10-16(17)21(18(26)27)20(12-23,13-24)14-25-22(21,19(28)29-2)15-8-4-3-5-9-15/h3-11,14H,1-2H3/t21-,22-/m1/s1. The third-order valence-electron chi connectivity index (χ3n) is 5.91. The van der Waals surface area contributed by atoms with Gasteiger partial charge in [0.15, 0.2) is 10.8 Å². The first-order chi connectivity index (χ1) is 14.0. The van der Waals surface area contributed by atoms with Crippen LogP contribution in [0.25, 0.3) is 0 Å². The highest BCUT2D eigenvalue weighted by Crippen LogP contribution is 2.64. The van der Waals surface area contributed by atoms with Crippen molar-refractivity contribution >= 4 is 23.8 Å². The molecule has 142 valence electrons. The van der Waals surface area contributed by atoms with Gasteiger partial charge in [-0.25, -0.2) is 4.79 Å². The summed E-state index contributed by atoms with van der Waals surface area (Å²) in [6, 6.07) is 19.3. The summed E-state index contributed by atoms with van der Waals surface area (Å²) in [4.78, 5) is 33.0. The molecule has 2 aromatic rings. The smallest absolute Gasteiger partial charge is 0.340 e. The Labute approximate surface area is 167 Å². The van der Waals surface area contributed by atoms with Gasteiger partial charge in [-0.05, 0) is 17.2 Å². The number of nitrogens with zero attached hydrogens (tertiary/aromatic N) is 4. The van der Waals surface area contributed by atoms with Crippen LogP contribution in [0.15, 0.2) is 59.6 Å². The van der Waals surface area contributed by atoms with Crippen molar-refractivity contribution in [2.45, 2.75) is 11.0 Å². The highest BCUT2D eigenvalue weighted by Gasteiger charge is 2.80. The second-order valence-corrected chi connectivity index (χ2v) is 6.99. The number of likely N-dealkylation sites (N-methyl/N-ethyl adjacent to an activating group) is 1. The van der Waals surface area contributed by atoms with E-state index in [9.17, 15) is 20.1 Å². The normalized spacial score (nSPS) is 26.1. The topological polar surface area (TPSA) is 107 Å². The Morgan fingerprint density at radius 2 is 1.69 bits per heavy atom. The Kier molecular flexibility index (Phi) is 3.82. The minimum atomic E-state index is -2.00. The molecule has 0 radical (unpaired) electrons. The van der Waals surface area contributed by atoms with Crippen molar-refractivity contribution in [3.63, 3.8) is 0 Å². The van der Waals surface area contributed by atoms with Gasteiger partial charge in [0.1, 0.15) is 0 Å².